The Morgan fingerprint density at radius 1 is 1.30 bits per heavy atom. The fraction of sp³-hybridized carbons (Fsp3) is 0.444. The maximum absolute atomic E-state index is 12.6. The number of amides is 1. The van der Waals surface area contributed by atoms with Crippen LogP contribution in [0.25, 0.3) is 10.9 Å². The largest absolute Gasteiger partial charge is 0.497 e. The third-order valence-electron chi connectivity index (χ3n) is 4.84. The molecule has 2 aliphatic rings. The monoisotopic (exact) mass is 312 g/mol. The van der Waals surface area contributed by atoms with E-state index in [-0.39, 0.29) is 5.91 Å². The van der Waals surface area contributed by atoms with Crippen LogP contribution in [0.4, 0.5) is 0 Å². The Kier molecular flexibility index (Phi) is 3.36. The van der Waals surface area contributed by atoms with Crippen molar-refractivity contribution in [1.29, 1.82) is 0 Å². The van der Waals surface area contributed by atoms with Crippen molar-refractivity contribution < 1.29 is 14.3 Å². The van der Waals surface area contributed by atoms with Crippen molar-refractivity contribution in [2.24, 2.45) is 0 Å². The van der Waals surface area contributed by atoms with Crippen LogP contribution in [-0.2, 0) is 11.3 Å². The van der Waals surface area contributed by atoms with Crippen molar-refractivity contribution in [2.75, 3.05) is 7.11 Å². The maximum atomic E-state index is 12.6. The fourth-order valence-electron chi connectivity index (χ4n) is 3.24. The van der Waals surface area contributed by atoms with E-state index in [2.05, 4.69) is 11.1 Å². The lowest BCUT2D eigenvalue weighted by atomic mass is 9.91. The minimum absolute atomic E-state index is 0.0642. The van der Waals surface area contributed by atoms with E-state index < -0.39 is 6.10 Å². The van der Waals surface area contributed by atoms with Crippen LogP contribution in [0.3, 0.4) is 0 Å². The molecule has 120 valence electrons. The van der Waals surface area contributed by atoms with Crippen molar-refractivity contribution in [3.63, 3.8) is 0 Å². The van der Waals surface area contributed by atoms with Crippen LogP contribution in [0.15, 0.2) is 24.3 Å². The number of ether oxygens (including phenoxy) is 2. The van der Waals surface area contributed by atoms with Crippen LogP contribution in [0.2, 0.25) is 0 Å². The van der Waals surface area contributed by atoms with Gasteiger partial charge < -0.3 is 14.4 Å². The molecule has 0 bridgehead atoms. The number of aromatic nitrogens is 1. The first-order valence-corrected chi connectivity index (χ1v) is 8.10. The molecule has 2 aromatic rings. The van der Waals surface area contributed by atoms with Gasteiger partial charge in [-0.2, -0.15) is 0 Å². The number of hydrogen-bond donors (Lipinski definition) is 0. The third kappa shape index (κ3) is 2.40. The van der Waals surface area contributed by atoms with Crippen molar-refractivity contribution in [3.8, 4) is 11.6 Å². The van der Waals surface area contributed by atoms with Crippen molar-refractivity contribution in [3.05, 3.63) is 29.8 Å². The minimum Gasteiger partial charge on any atom is -0.497 e. The average Bonchev–Trinajstić information content (AvgIpc) is 2.61. The number of methoxy groups -OCH3 is 1. The van der Waals surface area contributed by atoms with Crippen LogP contribution in [0.1, 0.15) is 31.7 Å². The lowest BCUT2D eigenvalue weighted by molar-refractivity contribution is -0.141. The smallest absolute Gasteiger partial charge is 0.263 e. The summed E-state index contributed by atoms with van der Waals surface area (Å²) in [6.07, 6.45) is 2.88. The molecular formula is C18H20N2O3. The highest BCUT2D eigenvalue weighted by atomic mass is 16.5. The second-order valence-corrected chi connectivity index (χ2v) is 6.32. The maximum Gasteiger partial charge on any atom is 0.263 e. The predicted octanol–water partition coefficient (Wildman–Crippen LogP) is 2.91. The van der Waals surface area contributed by atoms with Gasteiger partial charge in [0.15, 0.2) is 6.10 Å². The fourth-order valence-corrected chi connectivity index (χ4v) is 3.24. The van der Waals surface area contributed by atoms with Crippen LogP contribution in [0, 0.1) is 0 Å². The van der Waals surface area contributed by atoms with Gasteiger partial charge in [0.25, 0.3) is 5.91 Å². The van der Waals surface area contributed by atoms with Gasteiger partial charge in [-0.15, -0.1) is 0 Å². The van der Waals surface area contributed by atoms with Crippen LogP contribution >= 0.6 is 0 Å². The molecule has 1 saturated carbocycles. The van der Waals surface area contributed by atoms with E-state index in [9.17, 15) is 4.79 Å². The molecule has 5 nitrogen and oxygen atoms in total. The number of rotatable bonds is 2. The van der Waals surface area contributed by atoms with Gasteiger partial charge in [0.2, 0.25) is 5.88 Å². The number of nitrogens with zero attached hydrogens (tertiary/aromatic N) is 2. The molecule has 1 aliphatic carbocycles. The quantitative estimate of drug-likeness (QED) is 0.855. The van der Waals surface area contributed by atoms with Gasteiger partial charge in [-0.1, -0.05) is 0 Å². The predicted molar refractivity (Wildman–Crippen MR) is 86.6 cm³/mol. The summed E-state index contributed by atoms with van der Waals surface area (Å²) >= 11 is 0. The summed E-state index contributed by atoms with van der Waals surface area (Å²) in [4.78, 5) is 19.2. The highest BCUT2D eigenvalue weighted by molar-refractivity contribution is 5.84. The zero-order valence-corrected chi connectivity index (χ0v) is 13.4. The highest BCUT2D eigenvalue weighted by Crippen LogP contribution is 2.33. The molecule has 2 heterocycles. The third-order valence-corrected chi connectivity index (χ3v) is 4.84. The molecule has 1 atom stereocenters. The summed E-state index contributed by atoms with van der Waals surface area (Å²) < 4.78 is 11.1. The number of benzene rings is 1. The van der Waals surface area contributed by atoms with Crippen molar-refractivity contribution >= 4 is 16.8 Å². The first kappa shape index (κ1) is 14.3. The Labute approximate surface area is 135 Å². The first-order chi connectivity index (χ1) is 11.2. The number of carbonyl (C=O) groups excluding carboxylic acids is 1. The zero-order chi connectivity index (χ0) is 16.0. The molecular weight excluding hydrogens is 292 g/mol. The lowest BCUT2D eigenvalue weighted by Gasteiger charge is -2.37. The van der Waals surface area contributed by atoms with Gasteiger partial charge in [0, 0.05) is 17.0 Å². The van der Waals surface area contributed by atoms with Gasteiger partial charge in [-0.05, 0) is 50.5 Å². The zero-order valence-electron chi connectivity index (χ0n) is 13.4. The molecule has 0 saturated heterocycles. The van der Waals surface area contributed by atoms with E-state index in [1.807, 2.05) is 30.0 Å². The summed E-state index contributed by atoms with van der Waals surface area (Å²) in [7, 11) is 1.65. The number of carbonyl (C=O) groups is 1. The summed E-state index contributed by atoms with van der Waals surface area (Å²) in [6, 6.07) is 8.18. The van der Waals surface area contributed by atoms with Gasteiger partial charge >= 0.3 is 0 Å². The topological polar surface area (TPSA) is 51.7 Å². The Bertz CT molecular complexity index is 770. The van der Waals surface area contributed by atoms with E-state index in [1.165, 1.54) is 6.42 Å². The molecule has 0 radical (unpaired) electrons. The van der Waals surface area contributed by atoms with E-state index in [0.717, 1.165) is 35.1 Å². The Morgan fingerprint density at radius 2 is 2.13 bits per heavy atom. The summed E-state index contributed by atoms with van der Waals surface area (Å²) in [6.45, 7) is 2.38. The average molecular weight is 312 g/mol. The van der Waals surface area contributed by atoms with Crippen molar-refractivity contribution in [1.82, 2.24) is 9.88 Å². The second-order valence-electron chi connectivity index (χ2n) is 6.32. The Hall–Kier alpha value is -2.30. The highest BCUT2D eigenvalue weighted by Gasteiger charge is 2.35. The molecule has 0 spiro atoms. The normalized spacial score (nSPS) is 21.4. The molecule has 1 unspecified atom stereocenters. The van der Waals surface area contributed by atoms with E-state index in [0.29, 0.717) is 18.5 Å². The summed E-state index contributed by atoms with van der Waals surface area (Å²) in [5, 5.41) is 1.00. The Balaban J connectivity index is 1.78. The van der Waals surface area contributed by atoms with Crippen LogP contribution < -0.4 is 9.47 Å². The molecule has 5 heteroatoms. The first-order valence-electron chi connectivity index (χ1n) is 8.10. The molecule has 23 heavy (non-hydrogen) atoms. The van der Waals surface area contributed by atoms with Gasteiger partial charge in [0.1, 0.15) is 5.75 Å². The van der Waals surface area contributed by atoms with Gasteiger partial charge in [-0.3, -0.25) is 4.79 Å². The van der Waals surface area contributed by atoms with Gasteiger partial charge in [0.05, 0.1) is 19.2 Å². The molecule has 4 rings (SSSR count). The van der Waals surface area contributed by atoms with E-state index in [4.69, 9.17) is 9.47 Å². The molecule has 1 aromatic carbocycles. The number of pyridine rings is 1. The van der Waals surface area contributed by atoms with Crippen molar-refractivity contribution in [2.45, 2.75) is 44.9 Å². The summed E-state index contributed by atoms with van der Waals surface area (Å²) in [5.74, 6) is 1.44. The van der Waals surface area contributed by atoms with Gasteiger partial charge in [-0.25, -0.2) is 4.98 Å². The second kappa shape index (κ2) is 5.41. The van der Waals surface area contributed by atoms with Crippen LogP contribution in [0.5, 0.6) is 11.6 Å². The molecule has 1 aromatic heterocycles. The van der Waals surface area contributed by atoms with E-state index in [1.54, 1.807) is 7.11 Å². The molecule has 1 aliphatic heterocycles. The van der Waals surface area contributed by atoms with Crippen LogP contribution in [-0.4, -0.2) is 35.0 Å². The minimum atomic E-state index is -0.486. The number of fused-ring (bicyclic) bond motifs is 2. The number of hydrogen-bond acceptors (Lipinski definition) is 4. The molecule has 0 N–H and O–H groups in total. The standard InChI is InChI=1S/C18H20N2O3/c1-11-18(21)20(14-4-3-5-14)10-13-8-12-9-15(22-2)6-7-16(12)19-17(13)23-11/h6-9,11,14H,3-5,10H2,1-2H3. The molecule has 1 amide bonds. The van der Waals surface area contributed by atoms with E-state index >= 15 is 0 Å². The summed E-state index contributed by atoms with van der Waals surface area (Å²) in [5.41, 5.74) is 1.82. The Morgan fingerprint density at radius 3 is 2.83 bits per heavy atom. The lowest BCUT2D eigenvalue weighted by Crippen LogP contribution is -2.47. The molecule has 1 fully saturated rings. The SMILES string of the molecule is COc1ccc2nc3c(cc2c1)CN(C1CCC1)C(=O)C(C)O3.